The molecule has 5 nitrogen and oxygen atoms in total. The van der Waals surface area contributed by atoms with E-state index in [1.807, 2.05) is 6.07 Å². The van der Waals surface area contributed by atoms with Gasteiger partial charge in [-0.05, 0) is 44.7 Å². The summed E-state index contributed by atoms with van der Waals surface area (Å²) in [4.78, 5) is 15.6. The molecule has 0 aromatic heterocycles. The summed E-state index contributed by atoms with van der Waals surface area (Å²) in [6.07, 6.45) is 6.60. The van der Waals surface area contributed by atoms with Gasteiger partial charge >= 0.3 is 0 Å². The van der Waals surface area contributed by atoms with Crippen LogP contribution in [0.1, 0.15) is 65.7 Å². The van der Waals surface area contributed by atoms with Crippen molar-refractivity contribution in [3.63, 3.8) is 0 Å². The summed E-state index contributed by atoms with van der Waals surface area (Å²) in [6.45, 7) is 8.11. The molecule has 0 saturated carbocycles. The summed E-state index contributed by atoms with van der Waals surface area (Å²) in [5.74, 6) is 0.150. The van der Waals surface area contributed by atoms with E-state index in [0.717, 1.165) is 38.6 Å². The highest BCUT2D eigenvalue weighted by atomic mass is 32.2. The lowest BCUT2D eigenvalue weighted by atomic mass is 9.95. The minimum absolute atomic E-state index is 0.0665. The summed E-state index contributed by atoms with van der Waals surface area (Å²) in [5, 5.41) is 0. The van der Waals surface area contributed by atoms with E-state index in [1.165, 1.54) is 4.31 Å². The third-order valence-electron chi connectivity index (χ3n) is 5.71. The molecule has 1 aromatic carbocycles. The monoisotopic (exact) mass is 408 g/mol. The Labute approximate surface area is 171 Å². The van der Waals surface area contributed by atoms with Gasteiger partial charge in [-0.15, -0.1) is 0 Å². The fourth-order valence-electron chi connectivity index (χ4n) is 3.97. The quantitative estimate of drug-likeness (QED) is 0.543. The Morgan fingerprint density at radius 3 is 2.32 bits per heavy atom. The maximum Gasteiger partial charge on any atom is 0.243 e. The Kier molecular flexibility index (Phi) is 8.96. The number of nitrogens with zero attached hydrogens (tertiary/aromatic N) is 2. The summed E-state index contributed by atoms with van der Waals surface area (Å²) in [7, 11) is -3.47. The molecule has 0 spiro atoms. The highest BCUT2D eigenvalue weighted by Gasteiger charge is 2.34. The lowest BCUT2D eigenvalue weighted by molar-refractivity contribution is -0.139. The summed E-state index contributed by atoms with van der Waals surface area (Å²) >= 11 is 0. The molecule has 1 aliphatic rings. The Morgan fingerprint density at radius 2 is 1.75 bits per heavy atom. The Bertz CT molecular complexity index is 698. The van der Waals surface area contributed by atoms with Crippen LogP contribution in [0.15, 0.2) is 35.2 Å². The molecule has 28 heavy (non-hydrogen) atoms. The fraction of sp³-hybridized carbons (Fsp3) is 0.682. The van der Waals surface area contributed by atoms with Crippen molar-refractivity contribution in [1.29, 1.82) is 0 Å². The van der Waals surface area contributed by atoms with Gasteiger partial charge in [-0.25, -0.2) is 8.42 Å². The second kappa shape index (κ2) is 11.0. The third kappa shape index (κ3) is 5.80. The zero-order chi connectivity index (χ0) is 20.6. The maximum atomic E-state index is 13.2. The van der Waals surface area contributed by atoms with E-state index in [4.69, 9.17) is 0 Å². The summed E-state index contributed by atoms with van der Waals surface area (Å²) in [5.41, 5.74) is 0. The maximum absolute atomic E-state index is 13.2. The molecule has 1 amide bonds. The molecule has 1 saturated heterocycles. The zero-order valence-corrected chi connectivity index (χ0v) is 18.5. The first-order valence-corrected chi connectivity index (χ1v) is 12.2. The number of carbonyl (C=O) groups excluding carboxylic acids is 1. The first-order valence-electron chi connectivity index (χ1n) is 10.8. The van der Waals surface area contributed by atoms with Gasteiger partial charge in [0.05, 0.1) is 4.90 Å². The average molecular weight is 409 g/mol. The standard InChI is InChI=1S/C22H36N2O3S/c1-4-6-10-16-24(19(3)11-5-2)22(25)20-14-17-23(18-15-20)28(26,27)21-12-8-7-9-13-21/h7-9,12-13,19-20H,4-6,10-11,14-18H2,1-3H3. The number of amides is 1. The zero-order valence-electron chi connectivity index (χ0n) is 17.6. The van der Waals surface area contributed by atoms with Crippen LogP contribution in [-0.2, 0) is 14.8 Å². The topological polar surface area (TPSA) is 57.7 Å². The smallest absolute Gasteiger partial charge is 0.243 e. The van der Waals surface area contributed by atoms with Gasteiger partial charge in [0.2, 0.25) is 15.9 Å². The van der Waals surface area contributed by atoms with E-state index >= 15 is 0 Å². The van der Waals surface area contributed by atoms with Crippen LogP contribution in [0.5, 0.6) is 0 Å². The van der Waals surface area contributed by atoms with Crippen LogP contribution in [-0.4, -0.2) is 49.2 Å². The van der Waals surface area contributed by atoms with Crippen molar-refractivity contribution in [1.82, 2.24) is 9.21 Å². The molecule has 1 heterocycles. The molecule has 0 aliphatic carbocycles. The van der Waals surface area contributed by atoms with Gasteiger partial charge in [-0.1, -0.05) is 51.3 Å². The van der Waals surface area contributed by atoms with Gasteiger partial charge in [0.1, 0.15) is 0 Å². The van der Waals surface area contributed by atoms with Crippen LogP contribution in [0.4, 0.5) is 0 Å². The molecular formula is C22H36N2O3S. The van der Waals surface area contributed by atoms with Crippen LogP contribution in [0.3, 0.4) is 0 Å². The van der Waals surface area contributed by atoms with E-state index in [2.05, 4.69) is 25.7 Å². The molecule has 1 fully saturated rings. The average Bonchev–Trinajstić information content (AvgIpc) is 2.71. The van der Waals surface area contributed by atoms with Crippen LogP contribution in [0.2, 0.25) is 0 Å². The van der Waals surface area contributed by atoms with E-state index in [0.29, 0.717) is 30.8 Å². The predicted molar refractivity (Wildman–Crippen MR) is 114 cm³/mol. The summed E-state index contributed by atoms with van der Waals surface area (Å²) in [6, 6.07) is 8.82. The van der Waals surface area contributed by atoms with Crippen LogP contribution in [0.25, 0.3) is 0 Å². The van der Waals surface area contributed by atoms with Crippen molar-refractivity contribution in [3.8, 4) is 0 Å². The van der Waals surface area contributed by atoms with E-state index in [9.17, 15) is 13.2 Å². The van der Waals surface area contributed by atoms with Gasteiger partial charge in [0.15, 0.2) is 0 Å². The van der Waals surface area contributed by atoms with Crippen molar-refractivity contribution >= 4 is 15.9 Å². The van der Waals surface area contributed by atoms with Crippen molar-refractivity contribution in [2.45, 2.75) is 76.7 Å². The highest BCUT2D eigenvalue weighted by molar-refractivity contribution is 7.89. The second-order valence-electron chi connectivity index (χ2n) is 7.87. The first-order chi connectivity index (χ1) is 13.4. The second-order valence-corrected chi connectivity index (χ2v) is 9.81. The van der Waals surface area contributed by atoms with E-state index < -0.39 is 10.0 Å². The molecule has 2 rings (SSSR count). The largest absolute Gasteiger partial charge is 0.340 e. The Morgan fingerprint density at radius 1 is 1.11 bits per heavy atom. The van der Waals surface area contributed by atoms with Gasteiger partial charge in [-0.2, -0.15) is 4.31 Å². The number of unbranched alkanes of at least 4 members (excludes halogenated alkanes) is 2. The molecular weight excluding hydrogens is 372 g/mol. The molecule has 0 bridgehead atoms. The Balaban J connectivity index is 2.00. The van der Waals surface area contributed by atoms with Crippen LogP contribution in [0, 0.1) is 5.92 Å². The number of hydrogen-bond acceptors (Lipinski definition) is 3. The Hall–Kier alpha value is -1.40. The van der Waals surface area contributed by atoms with Crippen molar-refractivity contribution in [2.24, 2.45) is 5.92 Å². The van der Waals surface area contributed by atoms with Crippen molar-refractivity contribution < 1.29 is 13.2 Å². The molecule has 1 aromatic rings. The van der Waals surface area contributed by atoms with Gasteiger partial charge in [0.25, 0.3) is 0 Å². The molecule has 1 unspecified atom stereocenters. The van der Waals surface area contributed by atoms with Gasteiger partial charge < -0.3 is 4.90 Å². The third-order valence-corrected chi connectivity index (χ3v) is 7.62. The number of benzene rings is 1. The van der Waals surface area contributed by atoms with Gasteiger partial charge in [0, 0.05) is 31.6 Å². The lowest BCUT2D eigenvalue weighted by Crippen LogP contribution is -2.47. The highest BCUT2D eigenvalue weighted by Crippen LogP contribution is 2.26. The number of hydrogen-bond donors (Lipinski definition) is 0. The summed E-state index contributed by atoms with van der Waals surface area (Å²) < 4.78 is 27.1. The minimum atomic E-state index is -3.47. The van der Waals surface area contributed by atoms with Crippen molar-refractivity contribution in [3.05, 3.63) is 30.3 Å². The molecule has 6 heteroatoms. The molecule has 0 N–H and O–H groups in total. The normalized spacial score (nSPS) is 17.4. The van der Waals surface area contributed by atoms with Gasteiger partial charge in [-0.3, -0.25) is 4.79 Å². The molecule has 158 valence electrons. The number of carbonyl (C=O) groups is 1. The van der Waals surface area contributed by atoms with E-state index in [1.54, 1.807) is 24.3 Å². The first kappa shape index (κ1) is 22.9. The number of piperidine rings is 1. The van der Waals surface area contributed by atoms with Crippen LogP contribution < -0.4 is 0 Å². The SMILES string of the molecule is CCCCCN(C(=O)C1CCN(S(=O)(=O)c2ccccc2)CC1)C(C)CCC. The number of sulfonamides is 1. The number of rotatable bonds is 10. The van der Waals surface area contributed by atoms with Crippen molar-refractivity contribution in [2.75, 3.05) is 19.6 Å². The van der Waals surface area contributed by atoms with E-state index in [-0.39, 0.29) is 17.9 Å². The molecule has 1 aliphatic heterocycles. The predicted octanol–water partition coefficient (Wildman–Crippen LogP) is 4.29. The lowest BCUT2D eigenvalue weighted by Gasteiger charge is -2.36. The molecule has 1 atom stereocenters. The minimum Gasteiger partial charge on any atom is -0.340 e. The molecule has 0 radical (unpaired) electrons. The van der Waals surface area contributed by atoms with Crippen LogP contribution >= 0.6 is 0 Å². The fourth-order valence-corrected chi connectivity index (χ4v) is 5.46.